The van der Waals surface area contributed by atoms with Gasteiger partial charge in [0.05, 0.1) is 9.88 Å². The molecule has 4 heteroatoms. The molecule has 100 valence electrons. The quantitative estimate of drug-likeness (QED) is 0.911. The van der Waals surface area contributed by atoms with Crippen LogP contribution in [0.5, 0.6) is 0 Å². The number of carboxylic acids is 1. The Morgan fingerprint density at radius 3 is 2.32 bits per heavy atom. The number of carbonyl (C=O) groups is 1. The SMILES string of the molecule is Cc1cccc(C)c1-c1sc(C(C)C)nc1C(=O)O. The Hall–Kier alpha value is -1.68. The molecule has 2 aromatic rings. The van der Waals surface area contributed by atoms with E-state index < -0.39 is 5.97 Å². The number of hydrogen-bond donors (Lipinski definition) is 1. The van der Waals surface area contributed by atoms with Crippen molar-refractivity contribution in [3.63, 3.8) is 0 Å². The van der Waals surface area contributed by atoms with Crippen LogP contribution >= 0.6 is 11.3 Å². The summed E-state index contributed by atoms with van der Waals surface area (Å²) < 4.78 is 0. The topological polar surface area (TPSA) is 50.2 Å². The van der Waals surface area contributed by atoms with E-state index in [0.29, 0.717) is 0 Å². The summed E-state index contributed by atoms with van der Waals surface area (Å²) in [5.74, 6) is -0.720. The van der Waals surface area contributed by atoms with E-state index in [1.807, 2.05) is 45.9 Å². The molecule has 0 fully saturated rings. The van der Waals surface area contributed by atoms with E-state index in [1.165, 1.54) is 11.3 Å². The Morgan fingerprint density at radius 1 is 1.26 bits per heavy atom. The van der Waals surface area contributed by atoms with Gasteiger partial charge in [-0.3, -0.25) is 0 Å². The summed E-state index contributed by atoms with van der Waals surface area (Å²) >= 11 is 1.49. The van der Waals surface area contributed by atoms with Crippen LogP contribution < -0.4 is 0 Å². The molecular formula is C15H17NO2S. The van der Waals surface area contributed by atoms with E-state index in [4.69, 9.17) is 0 Å². The van der Waals surface area contributed by atoms with Gasteiger partial charge >= 0.3 is 5.97 Å². The molecule has 2 rings (SSSR count). The molecule has 1 heterocycles. The Labute approximate surface area is 116 Å². The van der Waals surface area contributed by atoms with Crippen LogP contribution in [0.25, 0.3) is 10.4 Å². The minimum Gasteiger partial charge on any atom is -0.476 e. The van der Waals surface area contributed by atoms with Gasteiger partial charge in [0.15, 0.2) is 5.69 Å². The predicted molar refractivity (Wildman–Crippen MR) is 78.1 cm³/mol. The van der Waals surface area contributed by atoms with Crippen LogP contribution in [-0.2, 0) is 0 Å². The van der Waals surface area contributed by atoms with E-state index in [9.17, 15) is 9.90 Å². The molecule has 0 radical (unpaired) electrons. The summed E-state index contributed by atoms with van der Waals surface area (Å²) in [6, 6.07) is 5.99. The fourth-order valence-corrected chi connectivity index (χ4v) is 3.31. The molecular weight excluding hydrogens is 258 g/mol. The minimum absolute atomic E-state index is 0.172. The third-order valence-electron chi connectivity index (χ3n) is 3.05. The van der Waals surface area contributed by atoms with Gasteiger partial charge in [0.25, 0.3) is 0 Å². The molecule has 0 unspecified atom stereocenters. The van der Waals surface area contributed by atoms with Crippen molar-refractivity contribution >= 4 is 17.3 Å². The molecule has 0 aliphatic rings. The number of hydrogen-bond acceptors (Lipinski definition) is 3. The zero-order valence-electron chi connectivity index (χ0n) is 11.5. The third kappa shape index (κ3) is 2.54. The Balaban J connectivity index is 2.71. The summed E-state index contributed by atoms with van der Waals surface area (Å²) in [5, 5.41) is 10.2. The van der Waals surface area contributed by atoms with Crippen molar-refractivity contribution in [1.29, 1.82) is 0 Å². The second-order valence-electron chi connectivity index (χ2n) is 4.96. The van der Waals surface area contributed by atoms with Crippen molar-refractivity contribution in [2.45, 2.75) is 33.6 Å². The maximum absolute atomic E-state index is 11.4. The van der Waals surface area contributed by atoms with Crippen LogP contribution in [-0.4, -0.2) is 16.1 Å². The summed E-state index contributed by atoms with van der Waals surface area (Å²) in [4.78, 5) is 16.5. The zero-order chi connectivity index (χ0) is 14.2. The van der Waals surface area contributed by atoms with E-state index in [1.54, 1.807) is 0 Å². The molecule has 19 heavy (non-hydrogen) atoms. The van der Waals surface area contributed by atoms with Crippen molar-refractivity contribution in [2.24, 2.45) is 0 Å². The van der Waals surface area contributed by atoms with Gasteiger partial charge in [0.1, 0.15) is 0 Å². The molecule has 1 aromatic heterocycles. The summed E-state index contributed by atoms with van der Waals surface area (Å²) in [6.45, 7) is 8.06. The van der Waals surface area contributed by atoms with Crippen LogP contribution in [0.15, 0.2) is 18.2 Å². The maximum Gasteiger partial charge on any atom is 0.356 e. The molecule has 0 atom stereocenters. The van der Waals surface area contributed by atoms with Crippen molar-refractivity contribution in [1.82, 2.24) is 4.98 Å². The lowest BCUT2D eigenvalue weighted by Gasteiger charge is -2.07. The zero-order valence-corrected chi connectivity index (χ0v) is 12.3. The average Bonchev–Trinajstić information content (AvgIpc) is 2.73. The number of nitrogens with zero attached hydrogens (tertiary/aromatic N) is 1. The largest absolute Gasteiger partial charge is 0.476 e. The van der Waals surface area contributed by atoms with Gasteiger partial charge in [0.2, 0.25) is 0 Å². The second-order valence-corrected chi connectivity index (χ2v) is 5.99. The highest BCUT2D eigenvalue weighted by molar-refractivity contribution is 7.15. The van der Waals surface area contributed by atoms with Gasteiger partial charge in [-0.05, 0) is 25.0 Å². The summed E-state index contributed by atoms with van der Waals surface area (Å²) in [5.41, 5.74) is 3.35. The number of thiazole rings is 1. The number of benzene rings is 1. The molecule has 0 saturated heterocycles. The average molecular weight is 275 g/mol. The van der Waals surface area contributed by atoms with Crippen molar-refractivity contribution < 1.29 is 9.90 Å². The second kappa shape index (κ2) is 5.13. The van der Waals surface area contributed by atoms with Crippen LogP contribution in [0.1, 0.15) is 46.4 Å². The smallest absolute Gasteiger partial charge is 0.356 e. The van der Waals surface area contributed by atoms with E-state index >= 15 is 0 Å². The van der Waals surface area contributed by atoms with Crippen molar-refractivity contribution in [2.75, 3.05) is 0 Å². The molecule has 0 aliphatic carbocycles. The molecule has 1 aromatic carbocycles. The molecule has 0 spiro atoms. The Morgan fingerprint density at radius 2 is 1.84 bits per heavy atom. The van der Waals surface area contributed by atoms with Gasteiger partial charge in [0, 0.05) is 11.5 Å². The number of aromatic nitrogens is 1. The number of carboxylic acid groups (broad SMARTS) is 1. The first-order valence-electron chi connectivity index (χ1n) is 6.22. The lowest BCUT2D eigenvalue weighted by Crippen LogP contribution is -2.00. The molecule has 0 bridgehead atoms. The lowest BCUT2D eigenvalue weighted by atomic mass is 10.0. The van der Waals surface area contributed by atoms with Gasteiger partial charge in [-0.25, -0.2) is 9.78 Å². The monoisotopic (exact) mass is 275 g/mol. The first-order valence-corrected chi connectivity index (χ1v) is 7.04. The standard InChI is InChI=1S/C15H17NO2S/c1-8(2)14-16-12(15(17)18)13(19-14)11-9(3)6-5-7-10(11)4/h5-8H,1-4H3,(H,17,18). The lowest BCUT2D eigenvalue weighted by molar-refractivity contribution is 0.0692. The van der Waals surface area contributed by atoms with Crippen molar-refractivity contribution in [3.05, 3.63) is 40.0 Å². The summed E-state index contributed by atoms with van der Waals surface area (Å²) in [6.07, 6.45) is 0. The maximum atomic E-state index is 11.4. The fourth-order valence-electron chi connectivity index (χ4n) is 2.07. The van der Waals surface area contributed by atoms with Crippen LogP contribution in [0.2, 0.25) is 0 Å². The fraction of sp³-hybridized carbons (Fsp3) is 0.333. The number of aryl methyl sites for hydroxylation is 2. The highest BCUT2D eigenvalue weighted by Gasteiger charge is 2.22. The molecule has 0 saturated carbocycles. The number of rotatable bonds is 3. The van der Waals surface area contributed by atoms with E-state index in [-0.39, 0.29) is 11.6 Å². The van der Waals surface area contributed by atoms with E-state index in [2.05, 4.69) is 4.98 Å². The first kappa shape index (κ1) is 13.7. The van der Waals surface area contributed by atoms with Gasteiger partial charge < -0.3 is 5.11 Å². The van der Waals surface area contributed by atoms with Crippen LogP contribution in [0, 0.1) is 13.8 Å². The Kier molecular flexibility index (Phi) is 3.71. The highest BCUT2D eigenvalue weighted by Crippen LogP contribution is 2.37. The first-order chi connectivity index (χ1) is 8.91. The minimum atomic E-state index is -0.958. The van der Waals surface area contributed by atoms with Crippen molar-refractivity contribution in [3.8, 4) is 10.4 Å². The normalized spacial score (nSPS) is 11.0. The molecule has 0 aliphatic heterocycles. The third-order valence-corrected chi connectivity index (χ3v) is 4.42. The number of aromatic carboxylic acids is 1. The van der Waals surface area contributed by atoms with Crippen LogP contribution in [0.3, 0.4) is 0 Å². The Bertz CT molecular complexity index is 609. The highest BCUT2D eigenvalue weighted by atomic mass is 32.1. The molecule has 3 nitrogen and oxygen atoms in total. The summed E-state index contributed by atoms with van der Waals surface area (Å²) in [7, 11) is 0. The van der Waals surface area contributed by atoms with Gasteiger partial charge in [-0.1, -0.05) is 32.0 Å². The molecule has 0 amide bonds. The predicted octanol–water partition coefficient (Wildman–Crippen LogP) is 4.25. The van der Waals surface area contributed by atoms with E-state index in [0.717, 1.165) is 26.6 Å². The van der Waals surface area contributed by atoms with Crippen LogP contribution in [0.4, 0.5) is 0 Å². The molecule has 1 N–H and O–H groups in total. The van der Waals surface area contributed by atoms with Gasteiger partial charge in [-0.2, -0.15) is 0 Å². The van der Waals surface area contributed by atoms with Gasteiger partial charge in [-0.15, -0.1) is 11.3 Å².